The molecule has 0 bridgehead atoms. The van der Waals surface area contributed by atoms with Gasteiger partial charge < -0.3 is 0 Å². The summed E-state index contributed by atoms with van der Waals surface area (Å²) in [5.74, 6) is 0.0196. The molecule has 0 fully saturated rings. The Morgan fingerprint density at radius 3 is 1.94 bits per heavy atom. The average molecular weight is 271 g/mol. The molecule has 0 aromatic heterocycles. The van der Waals surface area contributed by atoms with Gasteiger partial charge in [-0.15, -0.1) is 0 Å². The number of Topliss-reactive ketones (excluding diaryl/α,β-unsaturated/α-hetero) is 1. The van der Waals surface area contributed by atoms with Crippen LogP contribution in [0.1, 0.15) is 17.3 Å². The molecular weight excluding hydrogens is 259 g/mol. The molecule has 0 aliphatic rings. The number of ketones is 1. The molecule has 0 saturated heterocycles. The zero-order chi connectivity index (χ0) is 12.3. The summed E-state index contributed by atoms with van der Waals surface area (Å²) in [6, 6.07) is 16.2. The van der Waals surface area contributed by atoms with Crippen molar-refractivity contribution in [1.29, 1.82) is 0 Å². The fourth-order valence-electron chi connectivity index (χ4n) is 1.40. The molecule has 0 amide bonds. The van der Waals surface area contributed by atoms with Crippen molar-refractivity contribution in [3.05, 3.63) is 60.2 Å². The van der Waals surface area contributed by atoms with Gasteiger partial charge >= 0.3 is 104 Å². The van der Waals surface area contributed by atoms with E-state index in [2.05, 4.69) is 0 Å². The molecular formula is C14H12CoO2. The first kappa shape index (κ1) is 11.9. The molecule has 0 N–H and O–H groups in total. The van der Waals surface area contributed by atoms with Gasteiger partial charge in [0.25, 0.3) is 0 Å². The zero-order valence-corrected chi connectivity index (χ0v) is 10.4. The number of carbonyl (C=O) groups excluding carboxylic acids is 1. The Hall–Kier alpha value is -1.58. The van der Waals surface area contributed by atoms with E-state index in [0.717, 1.165) is 9.00 Å². The Bertz CT molecular complexity index is 544. The fourth-order valence-corrected chi connectivity index (χ4v) is 2.75. The number of benzene rings is 2. The molecule has 0 heterocycles. The van der Waals surface area contributed by atoms with Gasteiger partial charge in [-0.25, -0.2) is 0 Å². The Kier molecular flexibility index (Phi) is 3.61. The first-order chi connectivity index (χ1) is 8.18. The van der Waals surface area contributed by atoms with Crippen LogP contribution in [0.15, 0.2) is 54.6 Å². The van der Waals surface area contributed by atoms with Crippen molar-refractivity contribution in [1.82, 2.24) is 0 Å². The number of rotatable bonds is 3. The molecule has 0 spiro atoms. The van der Waals surface area contributed by atoms with Gasteiger partial charge in [0, 0.05) is 0 Å². The summed E-state index contributed by atoms with van der Waals surface area (Å²) in [6.07, 6.45) is 0. The molecule has 0 radical (unpaired) electrons. The van der Waals surface area contributed by atoms with E-state index in [0.29, 0.717) is 5.56 Å². The molecule has 2 rings (SSSR count). The topological polar surface area (TPSA) is 34.1 Å². The van der Waals surface area contributed by atoms with Gasteiger partial charge in [0.15, 0.2) is 0 Å². The fraction of sp³-hybridized carbons (Fsp3) is 0.0714. The number of hydrogen-bond donors (Lipinski definition) is 0. The standard InChI is InChI=1S/C8H7O.C6H5.Co.O/c1-7(9)8-5-3-2-4-6-8;1-2-4-6-5-3-1;;/h3-6H,1H3;1-5H;;. The minimum atomic E-state index is -1.54. The molecule has 0 atom stereocenters. The van der Waals surface area contributed by atoms with Crippen LogP contribution in [0, 0.1) is 0 Å². The quantitative estimate of drug-likeness (QED) is 0.798. The van der Waals surface area contributed by atoms with Crippen LogP contribution in [-0.4, -0.2) is 5.78 Å². The van der Waals surface area contributed by atoms with Gasteiger partial charge in [-0.2, -0.15) is 0 Å². The van der Waals surface area contributed by atoms with Crippen LogP contribution >= 0.6 is 0 Å². The Morgan fingerprint density at radius 2 is 1.41 bits per heavy atom. The van der Waals surface area contributed by atoms with Crippen molar-refractivity contribution in [3.63, 3.8) is 0 Å². The second-order valence-electron chi connectivity index (χ2n) is 3.53. The van der Waals surface area contributed by atoms with Crippen LogP contribution in [-0.2, 0) is 17.5 Å². The van der Waals surface area contributed by atoms with Crippen molar-refractivity contribution in [2.45, 2.75) is 6.92 Å². The van der Waals surface area contributed by atoms with Gasteiger partial charge in [0.05, 0.1) is 0 Å². The molecule has 0 saturated carbocycles. The molecule has 0 aliphatic carbocycles. The van der Waals surface area contributed by atoms with E-state index in [1.807, 2.05) is 30.3 Å². The van der Waals surface area contributed by atoms with Crippen LogP contribution < -0.4 is 9.00 Å². The summed E-state index contributed by atoms with van der Waals surface area (Å²) in [6.45, 7) is 1.52. The average Bonchev–Trinajstić information content (AvgIpc) is 2.39. The van der Waals surface area contributed by atoms with Gasteiger partial charge in [0.1, 0.15) is 0 Å². The molecule has 3 heteroatoms. The minimum absolute atomic E-state index is 0.0196. The van der Waals surface area contributed by atoms with E-state index >= 15 is 0 Å². The normalized spacial score (nSPS) is 11.0. The van der Waals surface area contributed by atoms with Gasteiger partial charge in [-0.3, -0.25) is 0 Å². The second kappa shape index (κ2) is 5.16. The van der Waals surface area contributed by atoms with Crippen molar-refractivity contribution in [2.75, 3.05) is 0 Å². The van der Waals surface area contributed by atoms with E-state index in [4.69, 9.17) is 0 Å². The molecule has 89 valence electrons. The van der Waals surface area contributed by atoms with E-state index < -0.39 is 13.6 Å². The summed E-state index contributed by atoms with van der Waals surface area (Å²) in [5, 5.41) is 0. The molecule has 17 heavy (non-hydrogen) atoms. The third kappa shape index (κ3) is 2.75. The molecule has 2 aromatic carbocycles. The summed E-state index contributed by atoms with van der Waals surface area (Å²) < 4.78 is 13.7. The van der Waals surface area contributed by atoms with Gasteiger partial charge in [-0.1, -0.05) is 0 Å². The molecule has 2 aromatic rings. The van der Waals surface area contributed by atoms with E-state index in [1.165, 1.54) is 6.92 Å². The van der Waals surface area contributed by atoms with Crippen LogP contribution in [0.2, 0.25) is 0 Å². The van der Waals surface area contributed by atoms with Crippen molar-refractivity contribution < 1.29 is 22.2 Å². The van der Waals surface area contributed by atoms with Crippen LogP contribution in [0.25, 0.3) is 0 Å². The van der Waals surface area contributed by atoms with Crippen LogP contribution in [0.3, 0.4) is 0 Å². The predicted octanol–water partition coefficient (Wildman–Crippen LogP) is 1.80. The first-order valence-corrected chi connectivity index (χ1v) is 6.62. The monoisotopic (exact) mass is 271 g/mol. The Morgan fingerprint density at radius 1 is 0.882 bits per heavy atom. The first-order valence-electron chi connectivity index (χ1n) is 5.16. The summed E-state index contributed by atoms with van der Waals surface area (Å²) in [4.78, 5) is 11.1. The Balaban J connectivity index is 2.30. The summed E-state index contributed by atoms with van der Waals surface area (Å²) >= 11 is -1.54. The van der Waals surface area contributed by atoms with Gasteiger partial charge in [-0.05, 0) is 0 Å². The summed E-state index contributed by atoms with van der Waals surface area (Å²) in [5.41, 5.74) is 0.643. The maximum absolute atomic E-state index is 12.2. The van der Waals surface area contributed by atoms with Gasteiger partial charge in [0.2, 0.25) is 0 Å². The third-order valence-electron chi connectivity index (χ3n) is 2.30. The van der Waals surface area contributed by atoms with Crippen LogP contribution in [0.4, 0.5) is 0 Å². The number of hydrogen-bond acceptors (Lipinski definition) is 2. The SMILES string of the molecule is CC(=O)c1cc[c]([Co](=[O])[c]2ccccc2)cc1. The van der Waals surface area contributed by atoms with E-state index in [-0.39, 0.29) is 5.78 Å². The number of carbonyl (C=O) groups is 1. The van der Waals surface area contributed by atoms with E-state index in [1.54, 1.807) is 24.3 Å². The maximum atomic E-state index is 12.2. The van der Waals surface area contributed by atoms with E-state index in [9.17, 15) is 8.66 Å². The molecule has 2 nitrogen and oxygen atoms in total. The summed E-state index contributed by atoms with van der Waals surface area (Å²) in [7, 11) is 0. The third-order valence-corrected chi connectivity index (χ3v) is 4.09. The second-order valence-corrected chi connectivity index (χ2v) is 5.41. The Labute approximate surface area is 104 Å². The van der Waals surface area contributed by atoms with Crippen LogP contribution in [0.5, 0.6) is 0 Å². The molecule has 0 aliphatic heterocycles. The van der Waals surface area contributed by atoms with Crippen molar-refractivity contribution in [2.24, 2.45) is 0 Å². The van der Waals surface area contributed by atoms with Crippen molar-refractivity contribution >= 4 is 14.8 Å². The predicted molar refractivity (Wildman–Crippen MR) is 62.8 cm³/mol. The van der Waals surface area contributed by atoms with Crippen molar-refractivity contribution in [3.8, 4) is 0 Å². The molecule has 0 unspecified atom stereocenters. The zero-order valence-electron chi connectivity index (χ0n) is 9.35.